The zero-order chi connectivity index (χ0) is 25.8. The van der Waals surface area contributed by atoms with Crippen LogP contribution in [0.3, 0.4) is 0 Å². The molecule has 36 heavy (non-hydrogen) atoms. The third kappa shape index (κ3) is 3.93. The Morgan fingerprint density at radius 3 is 2.33 bits per heavy atom. The minimum atomic E-state index is -1.19. The van der Waals surface area contributed by atoms with Gasteiger partial charge in [0.05, 0.1) is 28.0 Å². The molecule has 0 radical (unpaired) electrons. The highest BCUT2D eigenvalue weighted by molar-refractivity contribution is 6.36. The molecule has 2 aliphatic heterocycles. The highest BCUT2D eigenvalue weighted by Crippen LogP contribution is 2.47. The highest BCUT2D eigenvalue weighted by Gasteiger charge is 2.64. The van der Waals surface area contributed by atoms with Gasteiger partial charge in [-0.2, -0.15) is 10.4 Å². The van der Waals surface area contributed by atoms with Crippen LogP contribution in [0, 0.1) is 11.3 Å². The second-order valence-electron chi connectivity index (χ2n) is 9.09. The van der Waals surface area contributed by atoms with Crippen molar-refractivity contribution >= 4 is 52.4 Å². The van der Waals surface area contributed by atoms with E-state index >= 15 is 0 Å². The van der Waals surface area contributed by atoms with Crippen LogP contribution in [0.15, 0.2) is 48.7 Å². The van der Waals surface area contributed by atoms with Gasteiger partial charge in [0.15, 0.2) is 0 Å². The average Bonchev–Trinajstić information content (AvgIpc) is 3.42. The number of aryl methyl sites for hydroxylation is 1. The van der Waals surface area contributed by atoms with Crippen molar-refractivity contribution in [2.75, 3.05) is 25.0 Å². The highest BCUT2D eigenvalue weighted by atomic mass is 35.5. The van der Waals surface area contributed by atoms with Crippen LogP contribution in [0.2, 0.25) is 15.1 Å². The van der Waals surface area contributed by atoms with Crippen LogP contribution >= 0.6 is 34.8 Å². The van der Waals surface area contributed by atoms with Gasteiger partial charge in [-0.1, -0.05) is 46.9 Å². The van der Waals surface area contributed by atoms with Crippen LogP contribution in [0.4, 0.5) is 10.5 Å². The van der Waals surface area contributed by atoms with Crippen LogP contribution in [-0.4, -0.2) is 57.2 Å². The molecule has 2 aliphatic rings. The number of likely N-dealkylation sites (tertiary alicyclic amines) is 1. The van der Waals surface area contributed by atoms with Gasteiger partial charge in [-0.15, -0.1) is 0 Å². The first-order valence-electron chi connectivity index (χ1n) is 11.1. The molecule has 8 nitrogen and oxygen atoms in total. The SMILES string of the molecule is CN1C(=O)N(c2cc(Cl)cc(Cl)c2)C(=O)[C@]12CN(Cc1nn(C)cc1Cl)C[C@H]2c1ccc(C#N)cc1. The van der Waals surface area contributed by atoms with E-state index in [4.69, 9.17) is 34.8 Å². The molecule has 3 amide bonds. The number of aromatic nitrogens is 2. The van der Waals surface area contributed by atoms with Gasteiger partial charge in [0.1, 0.15) is 5.54 Å². The Hall–Kier alpha value is -3.09. The normalized spacial score (nSPS) is 22.2. The Kier molecular flexibility index (Phi) is 6.21. The van der Waals surface area contributed by atoms with Crippen molar-refractivity contribution in [3.8, 4) is 6.07 Å². The number of urea groups is 1. The van der Waals surface area contributed by atoms with Crippen molar-refractivity contribution in [3.05, 3.63) is 80.6 Å². The van der Waals surface area contributed by atoms with Gasteiger partial charge in [-0.05, 0) is 35.9 Å². The number of carbonyl (C=O) groups is 2. The molecule has 2 atom stereocenters. The predicted octanol–water partition coefficient (Wildman–Crippen LogP) is 4.69. The summed E-state index contributed by atoms with van der Waals surface area (Å²) < 4.78 is 1.64. The van der Waals surface area contributed by atoms with Gasteiger partial charge in [-0.3, -0.25) is 14.4 Å². The fourth-order valence-electron chi connectivity index (χ4n) is 5.24. The maximum absolute atomic E-state index is 14.2. The van der Waals surface area contributed by atoms with Gasteiger partial charge in [0.25, 0.3) is 5.91 Å². The zero-order valence-electron chi connectivity index (χ0n) is 19.5. The molecule has 5 rings (SSSR count). The first-order chi connectivity index (χ1) is 17.1. The molecule has 2 aromatic carbocycles. The first-order valence-corrected chi connectivity index (χ1v) is 12.3. The summed E-state index contributed by atoms with van der Waals surface area (Å²) in [4.78, 5) is 32.5. The van der Waals surface area contributed by atoms with Crippen LogP contribution in [0.1, 0.15) is 22.7 Å². The summed E-state index contributed by atoms with van der Waals surface area (Å²) in [6.45, 7) is 1.16. The van der Waals surface area contributed by atoms with E-state index in [0.29, 0.717) is 45.1 Å². The molecule has 2 saturated heterocycles. The number of hydrogen-bond donors (Lipinski definition) is 0. The van der Waals surface area contributed by atoms with Gasteiger partial charge in [0, 0.05) is 55.9 Å². The molecule has 3 heterocycles. The number of halogens is 3. The van der Waals surface area contributed by atoms with Gasteiger partial charge in [0.2, 0.25) is 0 Å². The van der Waals surface area contributed by atoms with Gasteiger partial charge < -0.3 is 4.90 Å². The number of nitriles is 1. The summed E-state index contributed by atoms with van der Waals surface area (Å²) in [7, 11) is 3.43. The Bertz CT molecular complexity index is 1400. The zero-order valence-corrected chi connectivity index (χ0v) is 21.7. The molecular formula is C25H21Cl3N6O2. The van der Waals surface area contributed by atoms with E-state index in [1.54, 1.807) is 55.3 Å². The number of benzene rings is 2. The summed E-state index contributed by atoms with van der Waals surface area (Å²) in [6, 6.07) is 13.4. The molecule has 1 aromatic heterocycles. The van der Waals surface area contributed by atoms with E-state index in [1.807, 2.05) is 12.1 Å². The monoisotopic (exact) mass is 542 g/mol. The number of amides is 3. The predicted molar refractivity (Wildman–Crippen MR) is 137 cm³/mol. The maximum atomic E-state index is 14.2. The summed E-state index contributed by atoms with van der Waals surface area (Å²) >= 11 is 18.8. The topological polar surface area (TPSA) is 85.5 Å². The molecule has 0 aliphatic carbocycles. The molecule has 3 aromatic rings. The second-order valence-corrected chi connectivity index (χ2v) is 10.4. The van der Waals surface area contributed by atoms with Crippen molar-refractivity contribution in [2.24, 2.45) is 7.05 Å². The molecule has 1 spiro atoms. The molecule has 0 bridgehead atoms. The number of hydrogen-bond acceptors (Lipinski definition) is 5. The summed E-state index contributed by atoms with van der Waals surface area (Å²) in [5.74, 6) is -0.730. The number of rotatable bonds is 4. The Balaban J connectivity index is 1.59. The first kappa shape index (κ1) is 24.6. The molecule has 0 unspecified atom stereocenters. The Morgan fingerprint density at radius 1 is 1.08 bits per heavy atom. The molecule has 2 fully saturated rings. The molecule has 184 valence electrons. The fraction of sp³-hybridized carbons (Fsp3) is 0.280. The number of imide groups is 1. The van der Waals surface area contributed by atoms with Crippen molar-refractivity contribution in [3.63, 3.8) is 0 Å². The van der Waals surface area contributed by atoms with Crippen LogP contribution in [-0.2, 0) is 18.4 Å². The number of carbonyl (C=O) groups excluding carboxylic acids is 2. The van der Waals surface area contributed by atoms with E-state index < -0.39 is 11.6 Å². The standard InChI is InChI=1S/C25H21Cl3N6O2/c1-31-12-21(28)22(30-31)13-33-11-20(16-5-3-15(10-29)4-6-16)25(14-33)23(35)34(24(36)32(25)2)19-8-17(26)7-18(27)9-19/h3-9,12,20H,11,13-14H2,1-2H3/t20-,25+/m0/s1. The number of anilines is 1. The van der Waals surface area contributed by atoms with E-state index in [0.717, 1.165) is 10.5 Å². The van der Waals surface area contributed by atoms with Crippen molar-refractivity contribution in [1.29, 1.82) is 5.26 Å². The third-order valence-electron chi connectivity index (χ3n) is 6.91. The lowest BCUT2D eigenvalue weighted by molar-refractivity contribution is -0.124. The minimum absolute atomic E-state index is 0.274. The molecule has 0 saturated carbocycles. The van der Waals surface area contributed by atoms with Crippen molar-refractivity contribution in [2.45, 2.75) is 18.0 Å². The lowest BCUT2D eigenvalue weighted by atomic mass is 9.80. The minimum Gasteiger partial charge on any atom is -0.310 e. The largest absolute Gasteiger partial charge is 0.332 e. The van der Waals surface area contributed by atoms with E-state index in [9.17, 15) is 14.9 Å². The van der Waals surface area contributed by atoms with Crippen LogP contribution < -0.4 is 4.90 Å². The van der Waals surface area contributed by atoms with Crippen molar-refractivity contribution < 1.29 is 9.59 Å². The van der Waals surface area contributed by atoms with E-state index in [2.05, 4.69) is 16.1 Å². The lowest BCUT2D eigenvalue weighted by Crippen LogP contribution is -2.53. The maximum Gasteiger partial charge on any atom is 0.332 e. The third-order valence-corrected chi connectivity index (χ3v) is 7.66. The molecule has 0 N–H and O–H groups in total. The summed E-state index contributed by atoms with van der Waals surface area (Å²) in [5.41, 5.74) is 1.17. The van der Waals surface area contributed by atoms with Crippen LogP contribution in [0.25, 0.3) is 0 Å². The number of likely N-dealkylation sites (N-methyl/N-ethyl adjacent to an activating group) is 1. The average molecular weight is 544 g/mol. The number of nitrogens with zero attached hydrogens (tertiary/aromatic N) is 6. The molecular weight excluding hydrogens is 523 g/mol. The summed E-state index contributed by atoms with van der Waals surface area (Å²) in [5, 5.41) is 14.9. The van der Waals surface area contributed by atoms with Crippen LogP contribution in [0.5, 0.6) is 0 Å². The Labute approximate surface area is 223 Å². The Morgan fingerprint density at radius 2 is 1.75 bits per heavy atom. The van der Waals surface area contributed by atoms with Crippen molar-refractivity contribution in [1.82, 2.24) is 19.6 Å². The quantitative estimate of drug-likeness (QED) is 0.446. The second kappa shape index (κ2) is 9.09. The molecule has 11 heteroatoms. The van der Waals surface area contributed by atoms with Gasteiger partial charge >= 0.3 is 6.03 Å². The van der Waals surface area contributed by atoms with E-state index in [-0.39, 0.29) is 18.4 Å². The fourth-order valence-corrected chi connectivity index (χ4v) is 5.99. The van der Waals surface area contributed by atoms with E-state index in [1.165, 1.54) is 4.90 Å². The lowest BCUT2D eigenvalue weighted by Gasteiger charge is -2.34. The summed E-state index contributed by atoms with van der Waals surface area (Å²) in [6.07, 6.45) is 1.72. The van der Waals surface area contributed by atoms with Gasteiger partial charge in [-0.25, -0.2) is 9.69 Å². The smallest absolute Gasteiger partial charge is 0.310 e.